The molecule has 3 heteroatoms. The van der Waals surface area contributed by atoms with E-state index in [9.17, 15) is 4.79 Å². The topological polar surface area (TPSA) is 34.4 Å². The maximum atomic E-state index is 11.2. The quantitative estimate of drug-likeness (QED) is 0.531. The Kier molecular flexibility index (Phi) is 1.82. The molecule has 2 rings (SSSR count). The lowest BCUT2D eigenvalue weighted by Gasteiger charge is -2.19. The van der Waals surface area contributed by atoms with E-state index in [2.05, 4.69) is 10.2 Å². The normalized spacial score (nSPS) is 32.7. The number of hydrogen-bond donors (Lipinski definition) is 0. The van der Waals surface area contributed by atoms with Crippen LogP contribution in [0, 0.1) is 0 Å². The van der Waals surface area contributed by atoms with Crippen molar-refractivity contribution >= 4 is 5.91 Å². The van der Waals surface area contributed by atoms with Gasteiger partial charge in [0, 0.05) is 6.54 Å². The van der Waals surface area contributed by atoms with Crippen molar-refractivity contribution in [1.29, 1.82) is 0 Å². The first kappa shape index (κ1) is 7.10. The Morgan fingerprint density at radius 1 is 1.36 bits per heavy atom. The van der Waals surface area contributed by atoms with Crippen LogP contribution in [-0.4, -0.2) is 36.5 Å². The van der Waals surface area contributed by atoms with Gasteiger partial charge in [0.2, 0.25) is 0 Å². The van der Waals surface area contributed by atoms with E-state index >= 15 is 0 Å². The van der Waals surface area contributed by atoms with Crippen LogP contribution in [0.25, 0.3) is 0 Å². The number of carbonyl (C=O) groups excluding carboxylic acids is 1. The van der Waals surface area contributed by atoms with E-state index in [-0.39, 0.29) is 11.9 Å². The molecule has 0 aromatic heterocycles. The zero-order valence-electron chi connectivity index (χ0n) is 6.62. The summed E-state index contributed by atoms with van der Waals surface area (Å²) in [7, 11) is 0. The summed E-state index contributed by atoms with van der Waals surface area (Å²) in [5, 5.41) is 3.88. The Bertz CT molecular complexity index is 163. The van der Waals surface area contributed by atoms with Crippen LogP contribution in [0.5, 0.6) is 0 Å². The van der Waals surface area contributed by atoms with Crippen LogP contribution in [-0.2, 0) is 4.79 Å². The maximum Gasteiger partial charge on any atom is 0.258 e. The first-order valence-corrected chi connectivity index (χ1v) is 4.33. The Labute approximate surface area is 66.8 Å². The Hall–Kier alpha value is -0.570. The Morgan fingerprint density at radius 3 is 2.64 bits per heavy atom. The molecule has 3 nitrogen and oxygen atoms in total. The molecule has 2 fully saturated rings. The molecule has 2 aliphatic heterocycles. The van der Waals surface area contributed by atoms with Crippen molar-refractivity contribution in [1.82, 2.24) is 10.2 Å². The summed E-state index contributed by atoms with van der Waals surface area (Å²) >= 11 is 0. The summed E-state index contributed by atoms with van der Waals surface area (Å²) in [6, 6.07) is 0.150. The SMILES string of the molecule is O=C1[N]CCC1N1CCCC1. The predicted molar refractivity (Wildman–Crippen MR) is 41.2 cm³/mol. The summed E-state index contributed by atoms with van der Waals surface area (Å²) < 4.78 is 0. The van der Waals surface area contributed by atoms with Crippen LogP contribution < -0.4 is 5.32 Å². The van der Waals surface area contributed by atoms with Gasteiger partial charge in [-0.3, -0.25) is 15.0 Å². The zero-order chi connectivity index (χ0) is 7.68. The van der Waals surface area contributed by atoms with E-state index < -0.39 is 0 Å². The molecule has 11 heavy (non-hydrogen) atoms. The average Bonchev–Trinajstić information content (AvgIpc) is 2.55. The molecule has 1 atom stereocenters. The minimum atomic E-state index is 0.118. The number of likely N-dealkylation sites (tertiary alicyclic amines) is 1. The first-order chi connectivity index (χ1) is 5.38. The highest BCUT2D eigenvalue weighted by atomic mass is 16.2. The Balaban J connectivity index is 1.97. The van der Waals surface area contributed by atoms with Crippen molar-refractivity contribution in [3.8, 4) is 0 Å². The van der Waals surface area contributed by atoms with Gasteiger partial charge in [-0.05, 0) is 32.4 Å². The van der Waals surface area contributed by atoms with Crippen molar-refractivity contribution in [2.45, 2.75) is 25.3 Å². The summed E-state index contributed by atoms with van der Waals surface area (Å²) in [6.45, 7) is 2.96. The molecule has 0 saturated carbocycles. The number of carbonyl (C=O) groups is 1. The van der Waals surface area contributed by atoms with Crippen molar-refractivity contribution in [2.24, 2.45) is 0 Å². The molecule has 0 spiro atoms. The highest BCUT2D eigenvalue weighted by Gasteiger charge is 2.32. The number of amides is 1. The lowest BCUT2D eigenvalue weighted by molar-refractivity contribution is -0.123. The van der Waals surface area contributed by atoms with Gasteiger partial charge >= 0.3 is 0 Å². The number of nitrogens with zero attached hydrogens (tertiary/aromatic N) is 2. The van der Waals surface area contributed by atoms with Crippen LogP contribution in [0.1, 0.15) is 19.3 Å². The average molecular weight is 153 g/mol. The maximum absolute atomic E-state index is 11.2. The zero-order valence-corrected chi connectivity index (χ0v) is 6.62. The van der Waals surface area contributed by atoms with E-state index in [0.717, 1.165) is 26.1 Å². The number of rotatable bonds is 1. The molecule has 1 unspecified atom stereocenters. The predicted octanol–water partition coefficient (Wildman–Crippen LogP) is -0.0145. The van der Waals surface area contributed by atoms with Crippen LogP contribution in [0.4, 0.5) is 0 Å². The van der Waals surface area contributed by atoms with Crippen molar-refractivity contribution < 1.29 is 4.79 Å². The van der Waals surface area contributed by atoms with Gasteiger partial charge in [0.25, 0.3) is 5.91 Å². The third-order valence-corrected chi connectivity index (χ3v) is 2.54. The lowest BCUT2D eigenvalue weighted by Crippen LogP contribution is -2.37. The molecule has 2 heterocycles. The largest absolute Gasteiger partial charge is 0.292 e. The highest BCUT2D eigenvalue weighted by molar-refractivity contribution is 5.83. The molecular weight excluding hydrogens is 140 g/mol. The van der Waals surface area contributed by atoms with Crippen molar-refractivity contribution in [2.75, 3.05) is 19.6 Å². The summed E-state index contributed by atoms with van der Waals surface area (Å²) in [6.07, 6.45) is 3.46. The molecule has 2 aliphatic rings. The van der Waals surface area contributed by atoms with Gasteiger partial charge in [0.1, 0.15) is 0 Å². The molecule has 1 amide bonds. The van der Waals surface area contributed by atoms with Crippen molar-refractivity contribution in [3.63, 3.8) is 0 Å². The molecule has 0 bridgehead atoms. The highest BCUT2D eigenvalue weighted by Crippen LogP contribution is 2.17. The van der Waals surface area contributed by atoms with Crippen LogP contribution in [0.15, 0.2) is 0 Å². The fourth-order valence-electron chi connectivity index (χ4n) is 1.92. The van der Waals surface area contributed by atoms with Gasteiger partial charge < -0.3 is 0 Å². The fourth-order valence-corrected chi connectivity index (χ4v) is 1.92. The van der Waals surface area contributed by atoms with E-state index in [1.165, 1.54) is 12.8 Å². The van der Waals surface area contributed by atoms with Gasteiger partial charge in [-0.25, -0.2) is 0 Å². The van der Waals surface area contributed by atoms with Gasteiger partial charge in [-0.15, -0.1) is 0 Å². The van der Waals surface area contributed by atoms with E-state index in [1.807, 2.05) is 0 Å². The summed E-state index contributed by atoms with van der Waals surface area (Å²) in [5.41, 5.74) is 0. The minimum Gasteiger partial charge on any atom is -0.292 e. The fraction of sp³-hybridized carbons (Fsp3) is 0.875. The third kappa shape index (κ3) is 1.25. The van der Waals surface area contributed by atoms with Gasteiger partial charge in [-0.1, -0.05) is 0 Å². The van der Waals surface area contributed by atoms with Gasteiger partial charge in [-0.2, -0.15) is 0 Å². The molecule has 61 valence electrons. The second-order valence-electron chi connectivity index (χ2n) is 3.27. The standard InChI is InChI=1S/C8H13N2O/c11-8-7(3-4-9-8)10-5-1-2-6-10/h7H,1-6H2. The molecule has 2 saturated heterocycles. The monoisotopic (exact) mass is 153 g/mol. The molecule has 0 aliphatic carbocycles. The van der Waals surface area contributed by atoms with E-state index in [1.54, 1.807) is 0 Å². The van der Waals surface area contributed by atoms with Crippen LogP contribution in [0.3, 0.4) is 0 Å². The third-order valence-electron chi connectivity index (χ3n) is 2.54. The molecule has 0 N–H and O–H groups in total. The van der Waals surface area contributed by atoms with E-state index in [4.69, 9.17) is 0 Å². The van der Waals surface area contributed by atoms with Crippen molar-refractivity contribution in [3.05, 3.63) is 0 Å². The molecular formula is C8H13N2O. The Morgan fingerprint density at radius 2 is 2.09 bits per heavy atom. The smallest absolute Gasteiger partial charge is 0.258 e. The van der Waals surface area contributed by atoms with Gasteiger partial charge in [0.05, 0.1) is 6.04 Å². The van der Waals surface area contributed by atoms with Crippen LogP contribution in [0.2, 0.25) is 0 Å². The summed E-state index contributed by atoms with van der Waals surface area (Å²) in [5.74, 6) is 0.118. The minimum absolute atomic E-state index is 0.118. The number of hydrogen-bond acceptors (Lipinski definition) is 2. The second-order valence-corrected chi connectivity index (χ2v) is 3.27. The first-order valence-electron chi connectivity index (χ1n) is 4.33. The summed E-state index contributed by atoms with van der Waals surface area (Å²) in [4.78, 5) is 13.4. The van der Waals surface area contributed by atoms with E-state index in [0.29, 0.717) is 0 Å². The molecule has 0 aromatic carbocycles. The molecule has 1 radical (unpaired) electrons. The molecule has 0 aromatic rings. The van der Waals surface area contributed by atoms with Crippen LogP contribution >= 0.6 is 0 Å². The lowest BCUT2D eigenvalue weighted by atomic mass is 10.2. The van der Waals surface area contributed by atoms with Gasteiger partial charge in [0.15, 0.2) is 0 Å². The second kappa shape index (κ2) is 2.81.